The molecule has 72 valence electrons. The van der Waals surface area contributed by atoms with E-state index in [1.165, 1.54) is 25.7 Å². The minimum absolute atomic E-state index is 0.468. The van der Waals surface area contributed by atoms with E-state index in [0.717, 1.165) is 19.7 Å². The first-order valence-electron chi connectivity index (χ1n) is 5.21. The van der Waals surface area contributed by atoms with Gasteiger partial charge in [-0.3, -0.25) is 4.90 Å². The van der Waals surface area contributed by atoms with E-state index in [4.69, 9.17) is 11.2 Å². The Morgan fingerprint density at radius 2 is 2.23 bits per heavy atom. The maximum absolute atomic E-state index is 5.75. The fourth-order valence-corrected chi connectivity index (χ4v) is 2.49. The molecule has 0 radical (unpaired) electrons. The summed E-state index contributed by atoms with van der Waals surface area (Å²) in [6, 6.07) is 0.610. The molecule has 13 heavy (non-hydrogen) atoms. The molecule has 2 nitrogen and oxygen atoms in total. The molecular formula is C11H17NO. The van der Waals surface area contributed by atoms with Crippen LogP contribution < -0.4 is 0 Å². The Hall–Kier alpha value is -0.520. The minimum Gasteiger partial charge on any atom is -0.375 e. The molecule has 2 fully saturated rings. The molecule has 0 aromatic carbocycles. The van der Waals surface area contributed by atoms with E-state index in [-0.39, 0.29) is 0 Å². The lowest BCUT2D eigenvalue weighted by molar-refractivity contribution is -0.0834. The van der Waals surface area contributed by atoms with Gasteiger partial charge in [0, 0.05) is 12.6 Å². The summed E-state index contributed by atoms with van der Waals surface area (Å²) in [5, 5.41) is 0. The van der Waals surface area contributed by atoms with Gasteiger partial charge in [-0.05, 0) is 12.8 Å². The summed E-state index contributed by atoms with van der Waals surface area (Å²) < 4.78 is 5.75. The molecule has 1 saturated heterocycles. The van der Waals surface area contributed by atoms with Gasteiger partial charge in [0.05, 0.1) is 19.3 Å². The summed E-state index contributed by atoms with van der Waals surface area (Å²) in [5.41, 5.74) is 0. The van der Waals surface area contributed by atoms with E-state index in [1.54, 1.807) is 0 Å². The third-order valence-electron chi connectivity index (χ3n) is 3.14. The van der Waals surface area contributed by atoms with Gasteiger partial charge in [-0.25, -0.2) is 0 Å². The molecule has 2 rings (SSSR count). The highest BCUT2D eigenvalue weighted by atomic mass is 16.5. The SMILES string of the molecule is C#CCN1CCOC2CCCCC21. The molecule has 1 aliphatic heterocycles. The fourth-order valence-electron chi connectivity index (χ4n) is 2.49. The van der Waals surface area contributed by atoms with E-state index in [1.807, 2.05) is 0 Å². The Morgan fingerprint density at radius 3 is 3.08 bits per heavy atom. The average molecular weight is 179 g/mol. The molecule has 1 saturated carbocycles. The topological polar surface area (TPSA) is 12.5 Å². The third kappa shape index (κ3) is 1.87. The Bertz CT molecular complexity index is 207. The Balaban J connectivity index is 1.99. The third-order valence-corrected chi connectivity index (χ3v) is 3.14. The molecule has 1 heterocycles. The zero-order valence-corrected chi connectivity index (χ0v) is 8.04. The zero-order valence-electron chi connectivity index (χ0n) is 8.04. The van der Waals surface area contributed by atoms with Gasteiger partial charge in [0.25, 0.3) is 0 Å². The van der Waals surface area contributed by atoms with Crippen molar-refractivity contribution in [3.8, 4) is 12.3 Å². The van der Waals surface area contributed by atoms with Crippen LogP contribution in [0.15, 0.2) is 0 Å². The van der Waals surface area contributed by atoms with Crippen molar-refractivity contribution in [2.24, 2.45) is 0 Å². The van der Waals surface area contributed by atoms with Gasteiger partial charge in [-0.2, -0.15) is 0 Å². The number of fused-ring (bicyclic) bond motifs is 1. The molecule has 0 aromatic heterocycles. The van der Waals surface area contributed by atoms with Crippen LogP contribution in [-0.2, 0) is 4.74 Å². The molecule has 0 N–H and O–H groups in total. The molecule has 2 heteroatoms. The first kappa shape index (κ1) is 9.05. The zero-order chi connectivity index (χ0) is 9.10. The second-order valence-corrected chi connectivity index (χ2v) is 3.94. The van der Waals surface area contributed by atoms with Crippen LogP contribution in [-0.4, -0.2) is 36.7 Å². The van der Waals surface area contributed by atoms with E-state index in [9.17, 15) is 0 Å². The summed E-state index contributed by atoms with van der Waals surface area (Å²) in [6.07, 6.45) is 11.0. The van der Waals surface area contributed by atoms with Crippen molar-refractivity contribution < 1.29 is 4.74 Å². The van der Waals surface area contributed by atoms with Gasteiger partial charge in [0.15, 0.2) is 0 Å². The smallest absolute Gasteiger partial charge is 0.0731 e. The predicted octanol–water partition coefficient (Wildman–Crippen LogP) is 1.26. The van der Waals surface area contributed by atoms with Crippen molar-refractivity contribution in [3.63, 3.8) is 0 Å². The van der Waals surface area contributed by atoms with Crippen LogP contribution in [0, 0.1) is 12.3 Å². The van der Waals surface area contributed by atoms with Gasteiger partial charge >= 0.3 is 0 Å². The predicted molar refractivity (Wildman–Crippen MR) is 52.4 cm³/mol. The second-order valence-electron chi connectivity index (χ2n) is 3.94. The molecule has 0 bridgehead atoms. The highest BCUT2D eigenvalue weighted by Crippen LogP contribution is 2.27. The van der Waals surface area contributed by atoms with Gasteiger partial charge < -0.3 is 4.74 Å². The molecule has 2 atom stereocenters. The Labute approximate surface area is 80.2 Å². The van der Waals surface area contributed by atoms with Crippen molar-refractivity contribution in [3.05, 3.63) is 0 Å². The van der Waals surface area contributed by atoms with Crippen LogP contribution in [0.4, 0.5) is 0 Å². The normalized spacial score (nSPS) is 35.0. The van der Waals surface area contributed by atoms with Gasteiger partial charge in [-0.1, -0.05) is 18.8 Å². The van der Waals surface area contributed by atoms with Gasteiger partial charge in [0.2, 0.25) is 0 Å². The number of morpholine rings is 1. The first-order chi connectivity index (χ1) is 6.42. The summed E-state index contributed by atoms with van der Waals surface area (Å²) in [5.74, 6) is 2.74. The lowest BCUT2D eigenvalue weighted by Crippen LogP contribution is -2.52. The molecule has 2 unspecified atom stereocenters. The highest BCUT2D eigenvalue weighted by molar-refractivity contribution is 4.95. The van der Waals surface area contributed by atoms with E-state index < -0.39 is 0 Å². The van der Waals surface area contributed by atoms with Crippen molar-refractivity contribution in [1.29, 1.82) is 0 Å². The van der Waals surface area contributed by atoms with Crippen molar-refractivity contribution in [2.45, 2.75) is 37.8 Å². The summed E-state index contributed by atoms with van der Waals surface area (Å²) in [7, 11) is 0. The number of terminal acetylenes is 1. The summed E-state index contributed by atoms with van der Waals surface area (Å²) >= 11 is 0. The number of ether oxygens (including phenoxy) is 1. The van der Waals surface area contributed by atoms with Crippen LogP contribution in [0.5, 0.6) is 0 Å². The number of hydrogen-bond acceptors (Lipinski definition) is 2. The maximum Gasteiger partial charge on any atom is 0.0731 e. The van der Waals surface area contributed by atoms with Crippen LogP contribution >= 0.6 is 0 Å². The van der Waals surface area contributed by atoms with Crippen molar-refractivity contribution in [1.82, 2.24) is 4.90 Å². The van der Waals surface area contributed by atoms with Gasteiger partial charge in [0.1, 0.15) is 0 Å². The number of nitrogens with zero attached hydrogens (tertiary/aromatic N) is 1. The van der Waals surface area contributed by atoms with E-state index in [0.29, 0.717) is 12.1 Å². The average Bonchev–Trinajstić information content (AvgIpc) is 2.19. The van der Waals surface area contributed by atoms with Crippen LogP contribution in [0.2, 0.25) is 0 Å². The monoisotopic (exact) mass is 179 g/mol. The molecule has 1 aliphatic carbocycles. The molecule has 0 amide bonds. The quantitative estimate of drug-likeness (QED) is 0.562. The molecular weight excluding hydrogens is 162 g/mol. The lowest BCUT2D eigenvalue weighted by Gasteiger charge is -2.43. The first-order valence-corrected chi connectivity index (χ1v) is 5.21. The summed E-state index contributed by atoms with van der Waals surface area (Å²) in [6.45, 7) is 2.68. The largest absolute Gasteiger partial charge is 0.375 e. The van der Waals surface area contributed by atoms with Crippen molar-refractivity contribution >= 4 is 0 Å². The van der Waals surface area contributed by atoms with E-state index in [2.05, 4.69) is 10.8 Å². The van der Waals surface area contributed by atoms with Crippen LogP contribution in [0.1, 0.15) is 25.7 Å². The van der Waals surface area contributed by atoms with Crippen LogP contribution in [0.25, 0.3) is 0 Å². The maximum atomic E-state index is 5.75. The minimum atomic E-state index is 0.468. The van der Waals surface area contributed by atoms with Crippen molar-refractivity contribution in [2.75, 3.05) is 19.7 Å². The molecule has 2 aliphatic rings. The Morgan fingerprint density at radius 1 is 1.38 bits per heavy atom. The van der Waals surface area contributed by atoms with E-state index >= 15 is 0 Å². The van der Waals surface area contributed by atoms with Gasteiger partial charge in [-0.15, -0.1) is 6.42 Å². The fraction of sp³-hybridized carbons (Fsp3) is 0.818. The number of hydrogen-bond donors (Lipinski definition) is 0. The Kier molecular flexibility index (Phi) is 2.87. The molecule has 0 spiro atoms. The molecule has 0 aromatic rings. The van der Waals surface area contributed by atoms with Crippen LogP contribution in [0.3, 0.4) is 0 Å². The summed E-state index contributed by atoms with van der Waals surface area (Å²) in [4.78, 5) is 2.41. The number of rotatable bonds is 1. The lowest BCUT2D eigenvalue weighted by atomic mass is 9.90. The highest BCUT2D eigenvalue weighted by Gasteiger charge is 2.33. The standard InChI is InChI=1S/C11H17NO/c1-2-7-12-8-9-13-11-6-4-3-5-10(11)12/h1,10-11H,3-9H2. The second kappa shape index (κ2) is 4.13.